The van der Waals surface area contributed by atoms with Crippen LogP contribution in [0, 0.1) is 5.41 Å². The van der Waals surface area contributed by atoms with E-state index in [2.05, 4.69) is 58.9 Å². The maximum atomic E-state index is 6.32. The van der Waals surface area contributed by atoms with Crippen molar-refractivity contribution in [1.29, 1.82) is 0 Å². The third-order valence-electron chi connectivity index (χ3n) is 9.01. The number of rotatable bonds is 35. The summed E-state index contributed by atoms with van der Waals surface area (Å²) in [6, 6.07) is 0. The summed E-state index contributed by atoms with van der Waals surface area (Å²) in [5.41, 5.74) is 0.131. The molecule has 46 heavy (non-hydrogen) atoms. The van der Waals surface area contributed by atoms with Gasteiger partial charge in [0.1, 0.15) is 0 Å². The lowest BCUT2D eigenvalue weighted by Crippen LogP contribution is -2.34. The summed E-state index contributed by atoms with van der Waals surface area (Å²) >= 11 is 0. The highest BCUT2D eigenvalue weighted by Gasteiger charge is 2.25. The standard InChI is InChI=1S/C42H82O2.ClH.H3N/c1-6-8-10-12-14-16-18-20-22-24-26-28-30-32-34-36-38-43-40-41(42(3,4)5)44-39-37-35-33-31-29-27-25-23-21-19-17-15-13-11-9-7-2;;/h20-23,41H,6-19,24-40H2,1-5H3;1H;1H3/b22-20-,23-21-;;. The van der Waals surface area contributed by atoms with E-state index >= 15 is 0 Å². The lowest BCUT2D eigenvalue weighted by atomic mass is 9.89. The Morgan fingerprint density at radius 3 is 1.09 bits per heavy atom. The Labute approximate surface area is 297 Å². The molecule has 0 aliphatic rings. The maximum Gasteiger partial charge on any atom is 0.0856 e. The van der Waals surface area contributed by atoms with Crippen LogP contribution < -0.4 is 6.15 Å². The van der Waals surface area contributed by atoms with Gasteiger partial charge in [-0.1, -0.05) is 174 Å². The number of unbranched alkanes of at least 4 members (excludes halogenated alkanes) is 24. The molecule has 0 rings (SSSR count). The molecule has 4 heteroatoms. The first-order valence-electron chi connectivity index (χ1n) is 20.0. The van der Waals surface area contributed by atoms with Crippen molar-refractivity contribution < 1.29 is 9.47 Å². The normalized spacial score (nSPS) is 12.5. The minimum Gasteiger partial charge on any atom is -0.379 e. The first-order chi connectivity index (χ1) is 21.5. The number of allylic oxidation sites excluding steroid dienone is 4. The second-order valence-corrected chi connectivity index (χ2v) is 14.7. The monoisotopic (exact) mass is 672 g/mol. The maximum absolute atomic E-state index is 6.32. The van der Waals surface area contributed by atoms with Crippen LogP contribution in [-0.4, -0.2) is 25.9 Å². The molecule has 1 unspecified atom stereocenters. The van der Waals surface area contributed by atoms with E-state index in [1.54, 1.807) is 0 Å². The molecule has 0 radical (unpaired) electrons. The van der Waals surface area contributed by atoms with Gasteiger partial charge < -0.3 is 15.6 Å². The van der Waals surface area contributed by atoms with Crippen molar-refractivity contribution in [3.05, 3.63) is 24.3 Å². The molecule has 0 heterocycles. The van der Waals surface area contributed by atoms with Gasteiger partial charge in [-0.2, -0.15) is 0 Å². The first kappa shape index (κ1) is 50.0. The molecule has 0 aliphatic heterocycles. The second kappa shape index (κ2) is 40.8. The molecule has 0 aromatic heterocycles. The Kier molecular flexibility index (Phi) is 44.4. The Bertz CT molecular complexity index is 601. The molecular formula is C42H86ClNO2. The summed E-state index contributed by atoms with van der Waals surface area (Å²) in [4.78, 5) is 0. The molecule has 3 nitrogen and oxygen atoms in total. The molecule has 0 aromatic carbocycles. The fraction of sp³-hybridized carbons (Fsp3) is 0.905. The van der Waals surface area contributed by atoms with Gasteiger partial charge in [0.25, 0.3) is 0 Å². The molecule has 0 aromatic rings. The quantitative estimate of drug-likeness (QED) is 0.0539. The fourth-order valence-corrected chi connectivity index (χ4v) is 5.77. The third kappa shape index (κ3) is 39.8. The smallest absolute Gasteiger partial charge is 0.0856 e. The second-order valence-electron chi connectivity index (χ2n) is 14.7. The summed E-state index contributed by atoms with van der Waals surface area (Å²) in [5, 5.41) is 0. The van der Waals surface area contributed by atoms with Crippen molar-refractivity contribution in [2.75, 3.05) is 19.8 Å². The van der Waals surface area contributed by atoms with Crippen LogP contribution in [-0.2, 0) is 9.47 Å². The van der Waals surface area contributed by atoms with Gasteiger partial charge in [-0.25, -0.2) is 0 Å². The molecule has 0 bridgehead atoms. The van der Waals surface area contributed by atoms with Gasteiger partial charge in [0.2, 0.25) is 0 Å². The largest absolute Gasteiger partial charge is 0.379 e. The topological polar surface area (TPSA) is 53.5 Å². The lowest BCUT2D eigenvalue weighted by molar-refractivity contribution is -0.0705. The zero-order valence-corrected chi connectivity index (χ0v) is 33.1. The molecule has 0 aliphatic carbocycles. The van der Waals surface area contributed by atoms with Crippen molar-refractivity contribution in [1.82, 2.24) is 6.15 Å². The highest BCUT2D eigenvalue weighted by atomic mass is 35.5. The highest BCUT2D eigenvalue weighted by Crippen LogP contribution is 2.23. The van der Waals surface area contributed by atoms with Gasteiger partial charge in [0.05, 0.1) is 12.7 Å². The van der Waals surface area contributed by atoms with Crippen LogP contribution in [0.2, 0.25) is 0 Å². The van der Waals surface area contributed by atoms with Gasteiger partial charge in [0, 0.05) is 13.2 Å². The van der Waals surface area contributed by atoms with E-state index in [1.807, 2.05) is 0 Å². The van der Waals surface area contributed by atoms with Gasteiger partial charge in [-0.3, -0.25) is 0 Å². The first-order valence-corrected chi connectivity index (χ1v) is 20.0. The van der Waals surface area contributed by atoms with E-state index in [1.165, 1.54) is 180 Å². The average molecular weight is 673 g/mol. The van der Waals surface area contributed by atoms with Crippen molar-refractivity contribution in [3.8, 4) is 0 Å². The lowest BCUT2D eigenvalue weighted by Gasteiger charge is -2.30. The van der Waals surface area contributed by atoms with Gasteiger partial charge >= 0.3 is 0 Å². The molecule has 3 N–H and O–H groups in total. The Morgan fingerprint density at radius 2 is 0.739 bits per heavy atom. The van der Waals surface area contributed by atoms with Gasteiger partial charge in [-0.15, -0.1) is 12.4 Å². The molecule has 0 fully saturated rings. The average Bonchev–Trinajstić information content (AvgIpc) is 3.00. The predicted molar refractivity (Wildman–Crippen MR) is 211 cm³/mol. The van der Waals surface area contributed by atoms with Crippen molar-refractivity contribution in [3.63, 3.8) is 0 Å². The fourth-order valence-electron chi connectivity index (χ4n) is 5.77. The summed E-state index contributed by atoms with van der Waals surface area (Å²) in [6.45, 7) is 13.9. The number of halogens is 1. The van der Waals surface area contributed by atoms with Crippen LogP contribution in [0.15, 0.2) is 24.3 Å². The van der Waals surface area contributed by atoms with Crippen LogP contribution in [0.3, 0.4) is 0 Å². The number of ether oxygens (including phenoxy) is 2. The third-order valence-corrected chi connectivity index (χ3v) is 9.01. The summed E-state index contributed by atoms with van der Waals surface area (Å²) in [5.74, 6) is 0. The molecule has 0 amide bonds. The van der Waals surface area contributed by atoms with E-state index in [0.29, 0.717) is 0 Å². The zero-order chi connectivity index (χ0) is 32.2. The minimum atomic E-state index is 0. The molecular weight excluding hydrogens is 586 g/mol. The molecule has 1 atom stereocenters. The Hall–Kier alpha value is -0.350. The predicted octanol–water partition coefficient (Wildman–Crippen LogP) is 15.1. The van der Waals surface area contributed by atoms with Crippen molar-refractivity contribution in [2.45, 2.75) is 221 Å². The van der Waals surface area contributed by atoms with Crippen LogP contribution in [0.25, 0.3) is 0 Å². The minimum absolute atomic E-state index is 0. The molecule has 0 saturated carbocycles. The van der Waals surface area contributed by atoms with Crippen LogP contribution in [0.4, 0.5) is 0 Å². The number of hydrogen-bond donors (Lipinski definition) is 1. The van der Waals surface area contributed by atoms with Gasteiger partial charge in [-0.05, 0) is 69.6 Å². The van der Waals surface area contributed by atoms with Crippen LogP contribution in [0.1, 0.15) is 214 Å². The zero-order valence-electron chi connectivity index (χ0n) is 32.2. The van der Waals surface area contributed by atoms with Crippen LogP contribution >= 0.6 is 12.4 Å². The molecule has 0 saturated heterocycles. The van der Waals surface area contributed by atoms with Crippen LogP contribution in [0.5, 0.6) is 0 Å². The molecule has 0 spiro atoms. The highest BCUT2D eigenvalue weighted by molar-refractivity contribution is 5.85. The van der Waals surface area contributed by atoms with E-state index in [4.69, 9.17) is 9.47 Å². The SMILES string of the molecule is CCCCCCCC/C=C\CCCCCCCCOCC(OCCCCCCCC/C=C\CCCCCCCC)C(C)(C)C.Cl.N. The Balaban J connectivity index is -0.00000924. The van der Waals surface area contributed by atoms with E-state index < -0.39 is 0 Å². The van der Waals surface area contributed by atoms with Gasteiger partial charge in [0.15, 0.2) is 0 Å². The van der Waals surface area contributed by atoms with Crippen molar-refractivity contribution in [2.24, 2.45) is 5.41 Å². The Morgan fingerprint density at radius 1 is 0.435 bits per heavy atom. The summed E-state index contributed by atoms with van der Waals surface area (Å²) in [6.07, 6.45) is 47.6. The summed E-state index contributed by atoms with van der Waals surface area (Å²) in [7, 11) is 0. The van der Waals surface area contributed by atoms with E-state index in [0.717, 1.165) is 19.8 Å². The summed E-state index contributed by atoms with van der Waals surface area (Å²) < 4.78 is 12.4. The molecule has 278 valence electrons. The van der Waals surface area contributed by atoms with E-state index in [9.17, 15) is 0 Å². The number of hydrogen-bond acceptors (Lipinski definition) is 3. The van der Waals surface area contributed by atoms with Crippen molar-refractivity contribution >= 4 is 12.4 Å². The van der Waals surface area contributed by atoms with E-state index in [-0.39, 0.29) is 30.1 Å².